The van der Waals surface area contributed by atoms with Crippen molar-refractivity contribution in [1.82, 2.24) is 0 Å². The van der Waals surface area contributed by atoms with Crippen LogP contribution in [0, 0.1) is 11.3 Å². The molecule has 2 unspecified atom stereocenters. The van der Waals surface area contributed by atoms with Gasteiger partial charge in [0, 0.05) is 18.6 Å². The van der Waals surface area contributed by atoms with Crippen LogP contribution in [0.1, 0.15) is 39.5 Å². The molecule has 0 saturated carbocycles. The van der Waals surface area contributed by atoms with Crippen LogP contribution in [0.4, 0.5) is 0 Å². The van der Waals surface area contributed by atoms with E-state index in [0.29, 0.717) is 18.6 Å². The molecule has 3 N–H and O–H groups in total. The molecular weight excluding hydrogens is 190 g/mol. The van der Waals surface area contributed by atoms with Crippen molar-refractivity contribution in [2.75, 3.05) is 19.8 Å². The third kappa shape index (κ3) is 3.16. The van der Waals surface area contributed by atoms with E-state index >= 15 is 0 Å². The van der Waals surface area contributed by atoms with E-state index < -0.39 is 0 Å². The van der Waals surface area contributed by atoms with E-state index in [1.807, 2.05) is 0 Å². The fraction of sp³-hybridized carbons (Fsp3) is 1.00. The van der Waals surface area contributed by atoms with Crippen LogP contribution in [-0.4, -0.2) is 31.0 Å². The van der Waals surface area contributed by atoms with Crippen LogP contribution in [0.3, 0.4) is 0 Å². The Balaban J connectivity index is 2.42. The van der Waals surface area contributed by atoms with Gasteiger partial charge in [-0.15, -0.1) is 0 Å². The van der Waals surface area contributed by atoms with Gasteiger partial charge in [-0.05, 0) is 31.6 Å². The molecule has 1 fully saturated rings. The van der Waals surface area contributed by atoms with Gasteiger partial charge in [0.25, 0.3) is 0 Å². The standard InChI is InChI=1S/C12H25NO2/c1-10(2)12(8-13,9-14)6-5-11-4-3-7-15-11/h10-11,14H,3-9,13H2,1-2H3. The quantitative estimate of drug-likeness (QED) is 0.706. The molecule has 1 aliphatic rings. The number of nitrogens with two attached hydrogens (primary N) is 1. The van der Waals surface area contributed by atoms with E-state index in [1.165, 1.54) is 12.8 Å². The summed E-state index contributed by atoms with van der Waals surface area (Å²) in [6, 6.07) is 0. The van der Waals surface area contributed by atoms with Gasteiger partial charge >= 0.3 is 0 Å². The van der Waals surface area contributed by atoms with Gasteiger partial charge in [-0.1, -0.05) is 13.8 Å². The van der Waals surface area contributed by atoms with E-state index in [-0.39, 0.29) is 12.0 Å². The van der Waals surface area contributed by atoms with Gasteiger partial charge in [-0.2, -0.15) is 0 Å². The van der Waals surface area contributed by atoms with Crippen LogP contribution in [0.2, 0.25) is 0 Å². The van der Waals surface area contributed by atoms with Gasteiger partial charge in [0.15, 0.2) is 0 Å². The largest absolute Gasteiger partial charge is 0.396 e. The first-order chi connectivity index (χ1) is 7.14. The van der Waals surface area contributed by atoms with Crippen LogP contribution < -0.4 is 5.73 Å². The highest BCUT2D eigenvalue weighted by molar-refractivity contribution is 4.84. The van der Waals surface area contributed by atoms with Crippen molar-refractivity contribution in [3.05, 3.63) is 0 Å². The van der Waals surface area contributed by atoms with E-state index in [2.05, 4.69) is 13.8 Å². The molecule has 0 aromatic rings. The summed E-state index contributed by atoms with van der Waals surface area (Å²) in [5.41, 5.74) is 5.70. The Morgan fingerprint density at radius 1 is 1.53 bits per heavy atom. The van der Waals surface area contributed by atoms with Crippen LogP contribution in [0.15, 0.2) is 0 Å². The van der Waals surface area contributed by atoms with E-state index in [4.69, 9.17) is 10.5 Å². The van der Waals surface area contributed by atoms with Crippen molar-refractivity contribution in [2.45, 2.75) is 45.6 Å². The summed E-state index contributed by atoms with van der Waals surface area (Å²) in [6.07, 6.45) is 4.77. The Labute approximate surface area is 93.0 Å². The fourth-order valence-electron chi connectivity index (χ4n) is 2.27. The topological polar surface area (TPSA) is 55.5 Å². The summed E-state index contributed by atoms with van der Waals surface area (Å²) < 4.78 is 5.59. The van der Waals surface area contributed by atoms with Crippen LogP contribution in [0.5, 0.6) is 0 Å². The minimum Gasteiger partial charge on any atom is -0.396 e. The minimum absolute atomic E-state index is 0.105. The summed E-state index contributed by atoms with van der Waals surface area (Å²) in [6.45, 7) is 5.93. The van der Waals surface area contributed by atoms with Gasteiger partial charge in [0.2, 0.25) is 0 Å². The summed E-state index contributed by atoms with van der Waals surface area (Å²) in [4.78, 5) is 0. The van der Waals surface area contributed by atoms with Crippen LogP contribution >= 0.6 is 0 Å². The highest BCUT2D eigenvalue weighted by Gasteiger charge is 2.32. The molecule has 90 valence electrons. The molecule has 15 heavy (non-hydrogen) atoms. The van der Waals surface area contributed by atoms with Gasteiger partial charge in [-0.25, -0.2) is 0 Å². The molecule has 1 rings (SSSR count). The number of rotatable bonds is 6. The Kier molecular flexibility index (Phi) is 5.03. The lowest BCUT2D eigenvalue weighted by molar-refractivity contribution is 0.0430. The zero-order valence-electron chi connectivity index (χ0n) is 10.0. The maximum Gasteiger partial charge on any atom is 0.0576 e. The van der Waals surface area contributed by atoms with Gasteiger partial charge in [0.05, 0.1) is 12.7 Å². The number of aliphatic hydroxyl groups is 1. The molecule has 1 aliphatic heterocycles. The van der Waals surface area contributed by atoms with Gasteiger partial charge < -0.3 is 15.6 Å². The third-order valence-electron chi connectivity index (χ3n) is 3.93. The van der Waals surface area contributed by atoms with Crippen molar-refractivity contribution in [2.24, 2.45) is 17.1 Å². The Bertz CT molecular complexity index is 172. The SMILES string of the molecule is CC(C)C(CN)(CO)CCC1CCCO1. The Morgan fingerprint density at radius 3 is 2.67 bits per heavy atom. The number of hydrogen-bond donors (Lipinski definition) is 2. The molecule has 2 atom stereocenters. The molecule has 0 amide bonds. The maximum absolute atomic E-state index is 9.50. The molecule has 0 aliphatic carbocycles. The average molecular weight is 215 g/mol. The van der Waals surface area contributed by atoms with Crippen molar-refractivity contribution in [3.63, 3.8) is 0 Å². The smallest absolute Gasteiger partial charge is 0.0576 e. The van der Waals surface area contributed by atoms with Crippen LogP contribution in [0.25, 0.3) is 0 Å². The molecule has 0 aromatic carbocycles. The molecule has 0 spiro atoms. The number of ether oxygens (including phenoxy) is 1. The van der Waals surface area contributed by atoms with Crippen molar-refractivity contribution < 1.29 is 9.84 Å². The molecular formula is C12H25NO2. The summed E-state index contributed by atoms with van der Waals surface area (Å²) in [5.74, 6) is 0.425. The van der Waals surface area contributed by atoms with Crippen molar-refractivity contribution >= 4 is 0 Å². The highest BCUT2D eigenvalue weighted by Crippen LogP contribution is 2.33. The summed E-state index contributed by atoms with van der Waals surface area (Å²) in [5, 5.41) is 9.50. The second-order valence-electron chi connectivity index (χ2n) is 5.05. The second kappa shape index (κ2) is 5.83. The molecule has 3 heteroatoms. The fourth-order valence-corrected chi connectivity index (χ4v) is 2.27. The zero-order chi connectivity index (χ0) is 11.3. The maximum atomic E-state index is 9.50. The predicted octanol–water partition coefficient (Wildman–Crippen LogP) is 1.54. The molecule has 0 radical (unpaired) electrons. The Morgan fingerprint density at radius 2 is 2.27 bits per heavy atom. The zero-order valence-corrected chi connectivity index (χ0v) is 10.0. The molecule has 0 aromatic heterocycles. The van der Waals surface area contributed by atoms with Gasteiger partial charge in [0.1, 0.15) is 0 Å². The predicted molar refractivity (Wildman–Crippen MR) is 61.6 cm³/mol. The lowest BCUT2D eigenvalue weighted by atomic mass is 9.74. The van der Waals surface area contributed by atoms with E-state index in [9.17, 15) is 5.11 Å². The van der Waals surface area contributed by atoms with Gasteiger partial charge in [-0.3, -0.25) is 0 Å². The average Bonchev–Trinajstić information content (AvgIpc) is 2.72. The first-order valence-corrected chi connectivity index (χ1v) is 6.07. The van der Waals surface area contributed by atoms with Crippen molar-refractivity contribution in [1.29, 1.82) is 0 Å². The van der Waals surface area contributed by atoms with Crippen molar-refractivity contribution in [3.8, 4) is 0 Å². The van der Waals surface area contributed by atoms with E-state index in [0.717, 1.165) is 19.4 Å². The van der Waals surface area contributed by atoms with Crippen LogP contribution in [-0.2, 0) is 4.74 Å². The summed E-state index contributed by atoms with van der Waals surface area (Å²) >= 11 is 0. The Hall–Kier alpha value is -0.120. The highest BCUT2D eigenvalue weighted by atomic mass is 16.5. The monoisotopic (exact) mass is 215 g/mol. The minimum atomic E-state index is -0.105. The molecule has 1 saturated heterocycles. The molecule has 3 nitrogen and oxygen atoms in total. The number of aliphatic hydroxyl groups excluding tert-OH is 1. The lowest BCUT2D eigenvalue weighted by Gasteiger charge is -2.35. The normalized spacial score (nSPS) is 25.8. The third-order valence-corrected chi connectivity index (χ3v) is 3.93. The lowest BCUT2D eigenvalue weighted by Crippen LogP contribution is -2.39. The molecule has 1 heterocycles. The second-order valence-corrected chi connectivity index (χ2v) is 5.05. The first kappa shape index (κ1) is 12.9. The first-order valence-electron chi connectivity index (χ1n) is 6.07. The summed E-state index contributed by atoms with van der Waals surface area (Å²) in [7, 11) is 0. The molecule has 0 bridgehead atoms. The van der Waals surface area contributed by atoms with E-state index in [1.54, 1.807) is 0 Å². The number of hydrogen-bond acceptors (Lipinski definition) is 3.